The van der Waals surface area contributed by atoms with Crippen LogP contribution in [0.3, 0.4) is 0 Å². The van der Waals surface area contributed by atoms with Crippen LogP contribution in [0.15, 0.2) is 30.3 Å². The summed E-state index contributed by atoms with van der Waals surface area (Å²) >= 11 is 0. The minimum Gasteiger partial charge on any atom is -0.462 e. The summed E-state index contributed by atoms with van der Waals surface area (Å²) in [7, 11) is -0.179. The molecule has 1 aromatic rings. The summed E-state index contributed by atoms with van der Waals surface area (Å²) in [5.74, 6) is 0.630. The molecule has 0 aliphatic carbocycles. The van der Waals surface area contributed by atoms with E-state index in [-0.39, 0.29) is 8.46 Å². The number of benzene rings is 1. The van der Waals surface area contributed by atoms with Crippen LogP contribution in [-0.2, 0) is 4.57 Å². The Hall–Kier alpha value is -0.960. The minimum atomic E-state index is -1.06. The number of hydrogen-bond acceptors (Lipinski definition) is 4. The first kappa shape index (κ1) is 15.1. The van der Waals surface area contributed by atoms with Crippen molar-refractivity contribution in [3.05, 3.63) is 30.3 Å². The Morgan fingerprint density at radius 2 is 2.06 bits per heavy atom. The van der Waals surface area contributed by atoms with Crippen molar-refractivity contribution in [1.29, 1.82) is 0 Å². The third kappa shape index (κ3) is 4.37. The van der Waals surface area contributed by atoms with Crippen LogP contribution in [0.5, 0.6) is 5.75 Å². The molecule has 0 aliphatic heterocycles. The van der Waals surface area contributed by atoms with Crippen LogP contribution in [0, 0.1) is 0 Å². The largest absolute Gasteiger partial charge is 0.462 e. The number of ether oxygens (including phenoxy) is 1. The SMILES string of the molecule is CCCC(NC(O)CC)(Oc1ccccc1)P=O. The van der Waals surface area contributed by atoms with E-state index in [4.69, 9.17) is 4.74 Å². The fraction of sp³-hybridized carbons (Fsp3) is 0.538. The smallest absolute Gasteiger partial charge is 0.243 e. The molecule has 0 saturated carbocycles. The molecule has 0 amide bonds. The lowest BCUT2D eigenvalue weighted by Gasteiger charge is -2.31. The quantitative estimate of drug-likeness (QED) is 0.562. The summed E-state index contributed by atoms with van der Waals surface area (Å²) in [6.07, 6.45) is 1.14. The molecule has 0 bridgehead atoms. The van der Waals surface area contributed by atoms with Gasteiger partial charge >= 0.3 is 0 Å². The Labute approximate surface area is 110 Å². The van der Waals surface area contributed by atoms with E-state index < -0.39 is 11.7 Å². The lowest BCUT2D eigenvalue weighted by molar-refractivity contribution is 0.0246. The molecule has 5 heteroatoms. The second-order valence-electron chi connectivity index (χ2n) is 4.11. The van der Waals surface area contributed by atoms with Crippen molar-refractivity contribution in [2.24, 2.45) is 0 Å². The molecule has 0 heterocycles. The molecule has 4 nitrogen and oxygen atoms in total. The summed E-state index contributed by atoms with van der Waals surface area (Å²) in [6.45, 7) is 3.83. The average Bonchev–Trinajstić information content (AvgIpc) is 2.40. The molecule has 2 atom stereocenters. The highest BCUT2D eigenvalue weighted by molar-refractivity contribution is 7.25. The van der Waals surface area contributed by atoms with Gasteiger partial charge in [0.1, 0.15) is 12.0 Å². The van der Waals surface area contributed by atoms with Crippen molar-refractivity contribution >= 4 is 8.46 Å². The summed E-state index contributed by atoms with van der Waals surface area (Å²) in [6, 6.07) is 9.19. The molecule has 0 spiro atoms. The molecule has 2 N–H and O–H groups in total. The van der Waals surface area contributed by atoms with Gasteiger partial charge in [-0.15, -0.1) is 0 Å². The average molecular weight is 269 g/mol. The van der Waals surface area contributed by atoms with Gasteiger partial charge in [0, 0.05) is 6.42 Å². The van der Waals surface area contributed by atoms with E-state index in [1.165, 1.54) is 0 Å². The fourth-order valence-corrected chi connectivity index (χ4v) is 2.29. The van der Waals surface area contributed by atoms with Crippen molar-refractivity contribution in [1.82, 2.24) is 5.32 Å². The molecule has 1 aromatic carbocycles. The lowest BCUT2D eigenvalue weighted by Crippen LogP contribution is -2.50. The molecule has 0 fully saturated rings. The van der Waals surface area contributed by atoms with Crippen LogP contribution < -0.4 is 10.1 Å². The van der Waals surface area contributed by atoms with E-state index in [0.29, 0.717) is 18.6 Å². The highest BCUT2D eigenvalue weighted by Crippen LogP contribution is 2.30. The summed E-state index contributed by atoms with van der Waals surface area (Å²) in [4.78, 5) is 0. The molecule has 0 saturated heterocycles. The van der Waals surface area contributed by atoms with Crippen LogP contribution in [0.2, 0.25) is 0 Å². The number of rotatable bonds is 8. The van der Waals surface area contributed by atoms with Gasteiger partial charge in [0.05, 0.1) is 0 Å². The van der Waals surface area contributed by atoms with Crippen LogP contribution in [0.25, 0.3) is 0 Å². The molecule has 1 rings (SSSR count). The minimum absolute atomic E-state index is 0.179. The van der Waals surface area contributed by atoms with Gasteiger partial charge in [-0.3, -0.25) is 4.57 Å². The van der Waals surface area contributed by atoms with Crippen molar-refractivity contribution in [2.45, 2.75) is 44.8 Å². The zero-order valence-electron chi connectivity index (χ0n) is 10.8. The predicted molar refractivity (Wildman–Crippen MR) is 71.7 cm³/mol. The second kappa shape index (κ2) is 7.47. The maximum Gasteiger partial charge on any atom is 0.243 e. The normalized spacial score (nSPS) is 16.2. The van der Waals surface area contributed by atoms with Gasteiger partial charge in [-0.1, -0.05) is 38.5 Å². The number of hydrogen-bond donors (Lipinski definition) is 2. The van der Waals surface area contributed by atoms with E-state index in [0.717, 1.165) is 6.42 Å². The summed E-state index contributed by atoms with van der Waals surface area (Å²) in [5.41, 5.74) is -1.06. The van der Waals surface area contributed by atoms with Gasteiger partial charge in [-0.25, -0.2) is 5.32 Å². The Morgan fingerprint density at radius 3 is 2.56 bits per heavy atom. The van der Waals surface area contributed by atoms with Gasteiger partial charge in [-0.2, -0.15) is 0 Å². The molecular weight excluding hydrogens is 249 g/mol. The topological polar surface area (TPSA) is 58.6 Å². The van der Waals surface area contributed by atoms with Crippen molar-refractivity contribution in [3.63, 3.8) is 0 Å². The molecule has 2 unspecified atom stereocenters. The first-order valence-electron chi connectivity index (χ1n) is 6.20. The third-order valence-electron chi connectivity index (χ3n) is 2.55. The Kier molecular flexibility index (Phi) is 6.27. The number of nitrogens with one attached hydrogen (secondary N) is 1. The Morgan fingerprint density at radius 1 is 1.39 bits per heavy atom. The predicted octanol–water partition coefficient (Wildman–Crippen LogP) is 3.13. The van der Waals surface area contributed by atoms with E-state index in [9.17, 15) is 9.67 Å². The van der Waals surface area contributed by atoms with Crippen LogP contribution in [-0.4, -0.2) is 16.8 Å². The first-order chi connectivity index (χ1) is 8.65. The Balaban J connectivity index is 2.85. The Bertz CT molecular complexity index is 361. The maximum absolute atomic E-state index is 11.5. The van der Waals surface area contributed by atoms with Crippen molar-refractivity contribution in [2.75, 3.05) is 0 Å². The standard InChI is InChI=1S/C13H20NO3P/c1-3-10-13(18-16,14-12(15)4-2)17-11-8-6-5-7-9-11/h5-9,12,14-15H,3-4,10H2,1-2H3. The van der Waals surface area contributed by atoms with Gasteiger partial charge in [-0.05, 0) is 18.6 Å². The maximum atomic E-state index is 11.5. The zero-order chi connectivity index (χ0) is 13.4. The third-order valence-corrected chi connectivity index (χ3v) is 3.28. The molecule has 100 valence electrons. The van der Waals surface area contributed by atoms with Gasteiger partial charge in [0.15, 0.2) is 0 Å². The van der Waals surface area contributed by atoms with Gasteiger partial charge < -0.3 is 9.84 Å². The van der Waals surface area contributed by atoms with Gasteiger partial charge in [0.2, 0.25) is 13.9 Å². The molecule has 0 radical (unpaired) electrons. The lowest BCUT2D eigenvalue weighted by atomic mass is 10.2. The number of aliphatic hydroxyl groups excluding tert-OH is 1. The number of para-hydroxylation sites is 1. The van der Waals surface area contributed by atoms with E-state index in [1.54, 1.807) is 12.1 Å². The van der Waals surface area contributed by atoms with Gasteiger partial charge in [0.25, 0.3) is 0 Å². The zero-order valence-corrected chi connectivity index (χ0v) is 11.7. The van der Waals surface area contributed by atoms with Crippen molar-refractivity contribution < 1.29 is 14.4 Å². The summed E-state index contributed by atoms with van der Waals surface area (Å²) in [5, 5.41) is 12.6. The highest BCUT2D eigenvalue weighted by Gasteiger charge is 2.34. The second-order valence-corrected chi connectivity index (χ2v) is 5.01. The molecule has 0 aliphatic rings. The van der Waals surface area contributed by atoms with E-state index in [2.05, 4.69) is 5.32 Å². The van der Waals surface area contributed by atoms with Crippen LogP contribution in [0.4, 0.5) is 0 Å². The van der Waals surface area contributed by atoms with Crippen LogP contribution in [0.1, 0.15) is 33.1 Å². The van der Waals surface area contributed by atoms with Crippen LogP contribution >= 0.6 is 8.46 Å². The highest BCUT2D eigenvalue weighted by atomic mass is 31.1. The molecule has 0 aromatic heterocycles. The van der Waals surface area contributed by atoms with Crippen molar-refractivity contribution in [3.8, 4) is 5.75 Å². The monoisotopic (exact) mass is 269 g/mol. The molecule has 18 heavy (non-hydrogen) atoms. The van der Waals surface area contributed by atoms with E-state index >= 15 is 0 Å². The van der Waals surface area contributed by atoms with E-state index in [1.807, 2.05) is 32.0 Å². The number of aliphatic hydroxyl groups is 1. The first-order valence-corrected chi connectivity index (χ1v) is 7.01. The fourth-order valence-electron chi connectivity index (χ4n) is 1.63. The molecular formula is C13H20NO3P. The summed E-state index contributed by atoms with van der Waals surface area (Å²) < 4.78 is 17.2.